The van der Waals surface area contributed by atoms with Crippen LogP contribution in [0.3, 0.4) is 0 Å². The third-order valence-electron chi connectivity index (χ3n) is 5.27. The molecule has 0 unspecified atom stereocenters. The number of aromatic amines is 1. The van der Waals surface area contributed by atoms with Crippen LogP contribution in [0.2, 0.25) is 0 Å². The summed E-state index contributed by atoms with van der Waals surface area (Å²) in [6.45, 7) is 0. The average Bonchev–Trinajstić information content (AvgIpc) is 3.10. The molecule has 1 saturated carbocycles. The van der Waals surface area contributed by atoms with Gasteiger partial charge in [0.25, 0.3) is 0 Å². The van der Waals surface area contributed by atoms with E-state index in [1.165, 1.54) is 0 Å². The first-order chi connectivity index (χ1) is 12.5. The molecule has 0 amide bonds. The summed E-state index contributed by atoms with van der Waals surface area (Å²) in [6.07, 6.45) is 7.00. The van der Waals surface area contributed by atoms with Gasteiger partial charge in [-0.05, 0) is 55.1 Å². The molecule has 0 saturated heterocycles. The first kappa shape index (κ1) is 18.3. The van der Waals surface area contributed by atoms with Crippen LogP contribution in [0.4, 0.5) is 0 Å². The number of H-pyrrole nitrogens is 1. The monoisotopic (exact) mass is 487 g/mol. The van der Waals surface area contributed by atoms with Gasteiger partial charge in [0.1, 0.15) is 11.4 Å². The first-order valence-corrected chi connectivity index (χ1v) is 11.3. The number of nitrogens with one attached hydrogen (secondary N) is 2. The van der Waals surface area contributed by atoms with Crippen LogP contribution in [0.15, 0.2) is 24.4 Å². The topological polar surface area (TPSA) is 104 Å². The normalized spacial score (nSPS) is 23.5. The van der Waals surface area contributed by atoms with Gasteiger partial charge in [-0.1, -0.05) is 0 Å². The van der Waals surface area contributed by atoms with Gasteiger partial charge in [-0.3, -0.25) is 0 Å². The van der Waals surface area contributed by atoms with Crippen LogP contribution in [-0.4, -0.2) is 36.3 Å². The second kappa shape index (κ2) is 7.14. The SMILES string of the molecule is O=S(=O)(CC1CCC(C2=CB(O)Oc3cnc4[nH]ccc4c32)CC1)NI. The Morgan fingerprint density at radius 3 is 2.88 bits per heavy atom. The third kappa shape index (κ3) is 3.51. The zero-order valence-electron chi connectivity index (χ0n) is 14.0. The van der Waals surface area contributed by atoms with Crippen LogP contribution in [0, 0.1) is 11.8 Å². The predicted octanol–water partition coefficient (Wildman–Crippen LogP) is 2.43. The number of sulfonamides is 1. The van der Waals surface area contributed by atoms with Crippen molar-refractivity contribution >= 4 is 56.6 Å². The lowest BCUT2D eigenvalue weighted by Gasteiger charge is -2.32. The van der Waals surface area contributed by atoms with Gasteiger partial charge in [0.2, 0.25) is 10.0 Å². The van der Waals surface area contributed by atoms with Gasteiger partial charge in [0.15, 0.2) is 0 Å². The highest BCUT2D eigenvalue weighted by Gasteiger charge is 2.33. The van der Waals surface area contributed by atoms with E-state index in [9.17, 15) is 13.4 Å². The Hall–Kier alpha value is -1.11. The van der Waals surface area contributed by atoms with Gasteiger partial charge >= 0.3 is 7.12 Å². The van der Waals surface area contributed by atoms with Crippen LogP contribution >= 0.6 is 22.9 Å². The number of aromatic nitrogens is 2. The Balaban J connectivity index is 1.58. The fraction of sp³-hybridized carbons (Fsp3) is 0.438. The van der Waals surface area contributed by atoms with E-state index < -0.39 is 17.1 Å². The smallest absolute Gasteiger partial charge is 0.531 e. The zero-order valence-corrected chi connectivity index (χ0v) is 17.0. The van der Waals surface area contributed by atoms with Crippen molar-refractivity contribution in [1.29, 1.82) is 0 Å². The minimum absolute atomic E-state index is 0.174. The van der Waals surface area contributed by atoms with Crippen molar-refractivity contribution in [3.8, 4) is 5.75 Å². The van der Waals surface area contributed by atoms with Gasteiger partial charge < -0.3 is 14.7 Å². The Morgan fingerprint density at radius 1 is 1.38 bits per heavy atom. The first-order valence-electron chi connectivity index (χ1n) is 8.60. The van der Waals surface area contributed by atoms with Crippen LogP contribution in [0.1, 0.15) is 31.2 Å². The molecule has 10 heteroatoms. The molecule has 2 aromatic rings. The highest BCUT2D eigenvalue weighted by atomic mass is 127. The van der Waals surface area contributed by atoms with Crippen molar-refractivity contribution in [2.45, 2.75) is 25.7 Å². The van der Waals surface area contributed by atoms with E-state index in [0.29, 0.717) is 5.75 Å². The molecule has 3 heterocycles. The largest absolute Gasteiger partial charge is 0.552 e. The maximum absolute atomic E-state index is 11.8. The summed E-state index contributed by atoms with van der Waals surface area (Å²) in [6, 6.07) is 1.97. The van der Waals surface area contributed by atoms with Gasteiger partial charge in [0, 0.05) is 40.0 Å². The molecule has 2 aliphatic rings. The molecule has 4 rings (SSSR count). The minimum Gasteiger partial charge on any atom is -0.531 e. The number of allylic oxidation sites excluding steroid dienone is 1. The molecule has 7 nitrogen and oxygen atoms in total. The molecule has 1 fully saturated rings. The minimum atomic E-state index is -3.19. The molecule has 138 valence electrons. The highest BCUT2D eigenvalue weighted by Crippen LogP contribution is 2.44. The fourth-order valence-corrected chi connectivity index (χ4v) is 5.66. The van der Waals surface area contributed by atoms with Crippen molar-refractivity contribution in [2.75, 3.05) is 5.75 Å². The summed E-state index contributed by atoms with van der Waals surface area (Å²) in [5.41, 5.74) is 2.87. The third-order valence-corrected chi connectivity index (χ3v) is 8.43. The number of nitrogens with zero attached hydrogens (tertiary/aromatic N) is 1. The second-order valence-corrected chi connectivity index (χ2v) is 9.98. The summed E-state index contributed by atoms with van der Waals surface area (Å²) in [7, 11) is -4.17. The van der Waals surface area contributed by atoms with Gasteiger partial charge in [-0.25, -0.2) is 13.4 Å². The van der Waals surface area contributed by atoms with Gasteiger partial charge in [-0.2, -0.15) is 2.94 Å². The van der Waals surface area contributed by atoms with Crippen LogP contribution in [-0.2, 0) is 10.0 Å². The van der Waals surface area contributed by atoms with Crippen molar-refractivity contribution < 1.29 is 18.1 Å². The van der Waals surface area contributed by atoms with Gasteiger partial charge in [-0.15, -0.1) is 0 Å². The van der Waals surface area contributed by atoms with E-state index in [-0.39, 0.29) is 17.6 Å². The number of pyridine rings is 1. The summed E-state index contributed by atoms with van der Waals surface area (Å²) >= 11 is 1.68. The van der Waals surface area contributed by atoms with Crippen molar-refractivity contribution in [1.82, 2.24) is 12.9 Å². The van der Waals surface area contributed by atoms with Crippen molar-refractivity contribution in [3.05, 3.63) is 30.0 Å². The molecule has 0 radical (unpaired) electrons. The number of hydrogen-bond acceptors (Lipinski definition) is 5. The predicted molar refractivity (Wildman–Crippen MR) is 109 cm³/mol. The summed E-state index contributed by atoms with van der Waals surface area (Å²) in [4.78, 5) is 7.45. The van der Waals surface area contributed by atoms with Gasteiger partial charge in [0.05, 0.1) is 11.9 Å². The maximum atomic E-state index is 11.8. The van der Waals surface area contributed by atoms with Crippen LogP contribution < -0.4 is 7.59 Å². The van der Waals surface area contributed by atoms with Crippen molar-refractivity contribution in [2.24, 2.45) is 11.8 Å². The number of rotatable bonds is 4. The Kier molecular flexibility index (Phi) is 5.01. The van der Waals surface area contributed by atoms with E-state index in [4.69, 9.17) is 4.65 Å². The summed E-state index contributed by atoms with van der Waals surface area (Å²) in [5, 5.41) is 11.1. The molecule has 0 aromatic carbocycles. The van der Waals surface area contributed by atoms with Crippen molar-refractivity contribution in [3.63, 3.8) is 0 Å². The maximum Gasteiger partial charge on any atom is 0.552 e. The lowest BCUT2D eigenvalue weighted by atomic mass is 9.71. The fourth-order valence-electron chi connectivity index (χ4n) is 4.10. The lowest BCUT2D eigenvalue weighted by molar-refractivity contribution is 0.336. The Labute approximate surface area is 166 Å². The number of hydrogen-bond donors (Lipinski definition) is 3. The molecule has 0 bridgehead atoms. The Bertz CT molecular complexity index is 954. The lowest BCUT2D eigenvalue weighted by Crippen LogP contribution is -2.29. The number of halogens is 1. The quantitative estimate of drug-likeness (QED) is 0.350. The van der Waals surface area contributed by atoms with E-state index in [1.807, 2.05) is 12.3 Å². The Morgan fingerprint density at radius 2 is 2.15 bits per heavy atom. The summed E-state index contributed by atoms with van der Waals surface area (Å²) in [5.74, 6) is 3.01. The van der Waals surface area contributed by atoms with E-state index in [0.717, 1.165) is 47.9 Å². The van der Waals surface area contributed by atoms with E-state index in [2.05, 4.69) is 12.9 Å². The molecule has 1 aliphatic carbocycles. The molecule has 0 spiro atoms. The number of fused-ring (bicyclic) bond motifs is 3. The molecule has 26 heavy (non-hydrogen) atoms. The zero-order chi connectivity index (χ0) is 18.3. The molecule has 3 N–H and O–H groups in total. The molecular formula is C16H19BIN3O4S. The summed E-state index contributed by atoms with van der Waals surface area (Å²) < 4.78 is 31.5. The van der Waals surface area contributed by atoms with E-state index in [1.54, 1.807) is 35.0 Å². The molecular weight excluding hydrogens is 468 g/mol. The van der Waals surface area contributed by atoms with Crippen LogP contribution in [0.5, 0.6) is 5.75 Å². The molecule has 2 aromatic heterocycles. The molecule has 0 atom stereocenters. The van der Waals surface area contributed by atoms with Crippen LogP contribution in [0.25, 0.3) is 16.6 Å². The standard InChI is InChI=1S/C16H19BIN3O4S/c18-21-26(23,24)9-10-1-3-11(4-2-10)13-7-17(22)25-14-8-20-16-12(15(13)14)5-6-19-16/h5-8,10-11,21-22H,1-4,9H2,(H,19,20). The second-order valence-electron chi connectivity index (χ2n) is 6.94. The average molecular weight is 487 g/mol. The van der Waals surface area contributed by atoms with E-state index >= 15 is 0 Å². The highest BCUT2D eigenvalue weighted by molar-refractivity contribution is 14.1. The molecule has 1 aliphatic heterocycles.